The first-order valence-electron chi connectivity index (χ1n) is 8.74. The number of methoxy groups -OCH3 is 1. The summed E-state index contributed by atoms with van der Waals surface area (Å²) in [4.78, 5) is 37.6. The minimum absolute atomic E-state index is 0.0825. The van der Waals surface area contributed by atoms with Crippen LogP contribution in [0.1, 0.15) is 26.3 Å². The Morgan fingerprint density at radius 1 is 1.07 bits per heavy atom. The molecule has 0 unspecified atom stereocenters. The van der Waals surface area contributed by atoms with E-state index in [9.17, 15) is 23.2 Å². The monoisotopic (exact) mass is 404 g/mol. The highest BCUT2D eigenvalue weighted by atomic mass is 19.3. The Balaban J connectivity index is 1.53. The van der Waals surface area contributed by atoms with Crippen LogP contribution in [0.4, 0.5) is 8.78 Å². The van der Waals surface area contributed by atoms with E-state index in [1.54, 1.807) is 30.3 Å². The zero-order valence-electron chi connectivity index (χ0n) is 15.5. The number of rotatable bonds is 8. The third-order valence-corrected chi connectivity index (χ3v) is 4.36. The number of fused-ring (bicyclic) bond motifs is 1. The third-order valence-electron chi connectivity index (χ3n) is 4.36. The molecule has 0 aromatic heterocycles. The number of benzene rings is 2. The summed E-state index contributed by atoms with van der Waals surface area (Å²) >= 11 is 0. The highest BCUT2D eigenvalue weighted by Crippen LogP contribution is 2.29. The summed E-state index contributed by atoms with van der Waals surface area (Å²) < 4.78 is 34.1. The van der Waals surface area contributed by atoms with E-state index in [4.69, 9.17) is 4.74 Å². The molecule has 1 N–H and O–H groups in total. The number of alkyl halides is 2. The van der Waals surface area contributed by atoms with Gasteiger partial charge in [-0.2, -0.15) is 8.78 Å². The van der Waals surface area contributed by atoms with E-state index in [-0.39, 0.29) is 35.7 Å². The van der Waals surface area contributed by atoms with E-state index in [2.05, 4.69) is 10.1 Å². The Bertz CT molecular complexity index is 913. The van der Waals surface area contributed by atoms with Crippen LogP contribution in [0.25, 0.3) is 0 Å². The molecule has 152 valence electrons. The molecule has 7 nitrogen and oxygen atoms in total. The molecule has 3 rings (SSSR count). The van der Waals surface area contributed by atoms with E-state index in [0.29, 0.717) is 6.42 Å². The molecule has 0 spiro atoms. The van der Waals surface area contributed by atoms with Crippen molar-refractivity contribution in [3.05, 3.63) is 59.2 Å². The number of carbonyl (C=O) groups excluding carboxylic acids is 3. The smallest absolute Gasteiger partial charge is 0.387 e. The summed E-state index contributed by atoms with van der Waals surface area (Å²) in [5, 5.41) is 2.63. The van der Waals surface area contributed by atoms with Gasteiger partial charge in [0.1, 0.15) is 6.54 Å². The Kier molecular flexibility index (Phi) is 6.06. The van der Waals surface area contributed by atoms with Gasteiger partial charge in [-0.1, -0.05) is 18.2 Å². The predicted octanol–water partition coefficient (Wildman–Crippen LogP) is 2.25. The van der Waals surface area contributed by atoms with Crippen LogP contribution >= 0.6 is 0 Å². The molecule has 1 heterocycles. The molecule has 0 atom stereocenters. The fourth-order valence-electron chi connectivity index (χ4n) is 2.99. The zero-order chi connectivity index (χ0) is 21.0. The number of nitrogens with zero attached hydrogens (tertiary/aromatic N) is 1. The van der Waals surface area contributed by atoms with Gasteiger partial charge in [0, 0.05) is 6.54 Å². The molecule has 1 aliphatic heterocycles. The van der Waals surface area contributed by atoms with Gasteiger partial charge in [0.2, 0.25) is 5.91 Å². The topological polar surface area (TPSA) is 84.9 Å². The van der Waals surface area contributed by atoms with Gasteiger partial charge < -0.3 is 14.8 Å². The van der Waals surface area contributed by atoms with Gasteiger partial charge in [-0.25, -0.2) is 0 Å². The Morgan fingerprint density at radius 3 is 2.31 bits per heavy atom. The van der Waals surface area contributed by atoms with Gasteiger partial charge in [0.25, 0.3) is 11.8 Å². The maximum Gasteiger partial charge on any atom is 0.387 e. The average Bonchev–Trinajstić information content (AvgIpc) is 2.94. The quantitative estimate of drug-likeness (QED) is 0.683. The highest BCUT2D eigenvalue weighted by Gasteiger charge is 2.36. The van der Waals surface area contributed by atoms with Crippen LogP contribution in [0.2, 0.25) is 0 Å². The van der Waals surface area contributed by atoms with Gasteiger partial charge in [-0.05, 0) is 36.2 Å². The number of halogens is 2. The van der Waals surface area contributed by atoms with Gasteiger partial charge in [-0.3, -0.25) is 19.3 Å². The maximum absolute atomic E-state index is 12.4. The van der Waals surface area contributed by atoms with Gasteiger partial charge in [0.15, 0.2) is 11.5 Å². The number of hydrogen-bond acceptors (Lipinski definition) is 5. The van der Waals surface area contributed by atoms with Crippen molar-refractivity contribution in [2.45, 2.75) is 13.0 Å². The molecule has 29 heavy (non-hydrogen) atoms. The van der Waals surface area contributed by atoms with Crippen molar-refractivity contribution in [2.24, 2.45) is 0 Å². The van der Waals surface area contributed by atoms with Crippen molar-refractivity contribution in [3.8, 4) is 11.5 Å². The Hall–Kier alpha value is -3.49. The highest BCUT2D eigenvalue weighted by molar-refractivity contribution is 6.22. The lowest BCUT2D eigenvalue weighted by atomic mass is 10.1. The third kappa shape index (κ3) is 4.50. The first-order valence-corrected chi connectivity index (χ1v) is 8.74. The zero-order valence-corrected chi connectivity index (χ0v) is 15.5. The largest absolute Gasteiger partial charge is 0.493 e. The number of carbonyl (C=O) groups is 3. The van der Waals surface area contributed by atoms with Crippen molar-refractivity contribution in [2.75, 3.05) is 20.2 Å². The summed E-state index contributed by atoms with van der Waals surface area (Å²) in [5.74, 6) is -1.41. The first kappa shape index (κ1) is 20.2. The summed E-state index contributed by atoms with van der Waals surface area (Å²) in [7, 11) is 1.33. The summed E-state index contributed by atoms with van der Waals surface area (Å²) in [6, 6.07) is 10.9. The number of ether oxygens (including phenoxy) is 2. The van der Waals surface area contributed by atoms with Crippen LogP contribution in [0, 0.1) is 0 Å². The van der Waals surface area contributed by atoms with Crippen molar-refractivity contribution in [3.63, 3.8) is 0 Å². The Morgan fingerprint density at radius 2 is 1.72 bits per heavy atom. The minimum Gasteiger partial charge on any atom is -0.493 e. The first-order chi connectivity index (χ1) is 13.9. The lowest BCUT2D eigenvalue weighted by Gasteiger charge is -2.14. The van der Waals surface area contributed by atoms with Crippen molar-refractivity contribution in [1.29, 1.82) is 0 Å². The van der Waals surface area contributed by atoms with Gasteiger partial charge in [-0.15, -0.1) is 0 Å². The molecule has 2 aromatic carbocycles. The number of hydrogen-bond donors (Lipinski definition) is 1. The molecule has 9 heteroatoms. The molecule has 1 aliphatic rings. The van der Waals surface area contributed by atoms with Crippen molar-refractivity contribution < 1.29 is 32.6 Å². The molecule has 0 saturated carbocycles. The van der Waals surface area contributed by atoms with Crippen LogP contribution in [0.5, 0.6) is 11.5 Å². The normalized spacial score (nSPS) is 12.9. The fourth-order valence-corrected chi connectivity index (χ4v) is 2.99. The van der Waals surface area contributed by atoms with Crippen molar-refractivity contribution >= 4 is 17.7 Å². The number of amides is 3. The van der Waals surface area contributed by atoms with E-state index < -0.39 is 24.3 Å². The molecule has 0 fully saturated rings. The molecule has 0 aliphatic carbocycles. The van der Waals surface area contributed by atoms with Crippen LogP contribution in [-0.2, 0) is 11.2 Å². The van der Waals surface area contributed by atoms with Crippen molar-refractivity contribution in [1.82, 2.24) is 10.2 Å². The molecule has 0 radical (unpaired) electrons. The second kappa shape index (κ2) is 8.68. The summed E-state index contributed by atoms with van der Waals surface area (Å²) in [5.41, 5.74) is 1.29. The average molecular weight is 404 g/mol. The minimum atomic E-state index is -2.96. The lowest BCUT2D eigenvalue weighted by Crippen LogP contribution is -2.40. The Labute approximate surface area is 165 Å². The van der Waals surface area contributed by atoms with E-state index in [1.807, 2.05) is 0 Å². The molecule has 3 amide bonds. The second-order valence-corrected chi connectivity index (χ2v) is 6.21. The predicted molar refractivity (Wildman–Crippen MR) is 98.1 cm³/mol. The lowest BCUT2D eigenvalue weighted by molar-refractivity contribution is -0.121. The molecule has 2 aromatic rings. The van der Waals surface area contributed by atoms with E-state index >= 15 is 0 Å². The molecule has 0 saturated heterocycles. The van der Waals surface area contributed by atoms with Gasteiger partial charge in [0.05, 0.1) is 18.2 Å². The maximum atomic E-state index is 12.4. The molecular formula is C20H18F2N2O5. The summed E-state index contributed by atoms with van der Waals surface area (Å²) in [6.45, 7) is -3.12. The van der Waals surface area contributed by atoms with Crippen LogP contribution in [0.3, 0.4) is 0 Å². The summed E-state index contributed by atoms with van der Waals surface area (Å²) in [6.07, 6.45) is 0.388. The molecular weight excluding hydrogens is 386 g/mol. The van der Waals surface area contributed by atoms with Gasteiger partial charge >= 0.3 is 6.61 Å². The fraction of sp³-hybridized carbons (Fsp3) is 0.250. The van der Waals surface area contributed by atoms with Crippen LogP contribution < -0.4 is 14.8 Å². The van der Waals surface area contributed by atoms with Crippen LogP contribution in [-0.4, -0.2) is 49.4 Å². The second-order valence-electron chi connectivity index (χ2n) is 6.21. The van der Waals surface area contributed by atoms with Crippen LogP contribution in [0.15, 0.2) is 42.5 Å². The standard InChI is InChI=1S/C20H18F2N2O5/c1-28-16-10-12(6-7-15(16)29-20(21)22)8-9-23-17(25)11-24-18(26)13-4-2-3-5-14(13)19(24)27/h2-7,10,20H,8-9,11H2,1H3,(H,23,25). The number of nitrogens with one attached hydrogen (secondary N) is 1. The van der Waals surface area contributed by atoms with E-state index in [0.717, 1.165) is 10.5 Å². The molecule has 0 bridgehead atoms. The van der Waals surface area contributed by atoms with E-state index in [1.165, 1.54) is 19.2 Å². The SMILES string of the molecule is COc1cc(CCNC(=O)CN2C(=O)c3ccccc3C2=O)ccc1OC(F)F. The number of imide groups is 1.